The first kappa shape index (κ1) is 8.04. The zero-order valence-electron chi connectivity index (χ0n) is 7.73. The monoisotopic (exact) mass is 176 g/mol. The van der Waals surface area contributed by atoms with Gasteiger partial charge in [0.1, 0.15) is 0 Å². The maximum absolute atomic E-state index is 5.58. The van der Waals surface area contributed by atoms with E-state index in [2.05, 4.69) is 23.9 Å². The lowest BCUT2D eigenvalue weighted by Gasteiger charge is -2.06. The molecule has 0 atom stereocenters. The third-order valence-corrected chi connectivity index (χ3v) is 1.98. The molecule has 68 valence electrons. The second-order valence-electron chi connectivity index (χ2n) is 3.35. The van der Waals surface area contributed by atoms with Crippen molar-refractivity contribution in [3.63, 3.8) is 0 Å². The largest absolute Gasteiger partial charge is 0.367 e. The van der Waals surface area contributed by atoms with Gasteiger partial charge in [-0.25, -0.2) is 9.50 Å². The molecule has 13 heavy (non-hydrogen) atoms. The molecule has 0 unspecified atom stereocenters. The highest BCUT2D eigenvalue weighted by molar-refractivity contribution is 5.53. The molecule has 2 heterocycles. The fourth-order valence-corrected chi connectivity index (χ4v) is 1.40. The Hall–Kier alpha value is -1.58. The summed E-state index contributed by atoms with van der Waals surface area (Å²) < 4.78 is 1.76. The highest BCUT2D eigenvalue weighted by atomic mass is 15.3. The lowest BCUT2D eigenvalue weighted by molar-refractivity contribution is 0.794. The third kappa shape index (κ3) is 1.24. The molecule has 2 aromatic heterocycles. The Morgan fingerprint density at radius 3 is 2.92 bits per heavy atom. The maximum Gasteiger partial charge on any atom is 0.238 e. The standard InChI is InChI=1S/C9H12N4/c1-6(2)8-7-4-3-5-13(7)12-9(10)11-8/h3-6H,1-2H3,(H2,10,12). The van der Waals surface area contributed by atoms with Gasteiger partial charge in [0.15, 0.2) is 0 Å². The average molecular weight is 176 g/mol. The first-order valence-corrected chi connectivity index (χ1v) is 4.29. The van der Waals surface area contributed by atoms with E-state index in [4.69, 9.17) is 5.73 Å². The van der Waals surface area contributed by atoms with E-state index >= 15 is 0 Å². The Kier molecular flexibility index (Phi) is 1.69. The van der Waals surface area contributed by atoms with Crippen LogP contribution in [0.4, 0.5) is 5.95 Å². The summed E-state index contributed by atoms with van der Waals surface area (Å²) in [6, 6.07) is 3.93. The second-order valence-corrected chi connectivity index (χ2v) is 3.35. The van der Waals surface area contributed by atoms with Crippen LogP contribution < -0.4 is 5.73 Å². The van der Waals surface area contributed by atoms with Gasteiger partial charge >= 0.3 is 0 Å². The molecule has 0 aliphatic rings. The summed E-state index contributed by atoms with van der Waals surface area (Å²) in [5.74, 6) is 0.690. The molecule has 0 saturated carbocycles. The van der Waals surface area contributed by atoms with Crippen molar-refractivity contribution in [1.29, 1.82) is 0 Å². The smallest absolute Gasteiger partial charge is 0.238 e. The first-order chi connectivity index (χ1) is 6.18. The number of rotatable bonds is 1. The number of fused-ring (bicyclic) bond motifs is 1. The molecule has 0 aromatic carbocycles. The fraction of sp³-hybridized carbons (Fsp3) is 0.333. The van der Waals surface area contributed by atoms with Gasteiger partial charge in [-0.3, -0.25) is 0 Å². The van der Waals surface area contributed by atoms with Crippen LogP contribution in [0.2, 0.25) is 0 Å². The normalized spacial score (nSPS) is 11.3. The molecule has 0 fully saturated rings. The molecule has 2 aromatic rings. The van der Waals surface area contributed by atoms with Gasteiger partial charge in [-0.15, -0.1) is 5.10 Å². The summed E-state index contributed by atoms with van der Waals surface area (Å²) in [6.07, 6.45) is 1.87. The number of nitrogens with zero attached hydrogens (tertiary/aromatic N) is 3. The molecule has 0 aliphatic heterocycles. The van der Waals surface area contributed by atoms with E-state index < -0.39 is 0 Å². The SMILES string of the molecule is CC(C)c1nc(N)nn2cccc12. The highest BCUT2D eigenvalue weighted by Gasteiger charge is 2.08. The van der Waals surface area contributed by atoms with Gasteiger partial charge in [0, 0.05) is 6.20 Å². The first-order valence-electron chi connectivity index (χ1n) is 4.29. The summed E-state index contributed by atoms with van der Waals surface area (Å²) in [6.45, 7) is 4.18. The number of anilines is 1. The van der Waals surface area contributed by atoms with Gasteiger partial charge in [-0.2, -0.15) is 0 Å². The number of nitrogens with two attached hydrogens (primary N) is 1. The predicted molar refractivity (Wildman–Crippen MR) is 51.5 cm³/mol. The molecule has 0 aliphatic carbocycles. The van der Waals surface area contributed by atoms with Gasteiger partial charge in [0.05, 0.1) is 11.2 Å². The van der Waals surface area contributed by atoms with Gasteiger partial charge in [-0.05, 0) is 18.1 Å². The Morgan fingerprint density at radius 2 is 2.23 bits per heavy atom. The summed E-state index contributed by atoms with van der Waals surface area (Å²) >= 11 is 0. The minimum Gasteiger partial charge on any atom is -0.367 e. The van der Waals surface area contributed by atoms with Crippen LogP contribution in [0, 0.1) is 0 Å². The third-order valence-electron chi connectivity index (χ3n) is 1.98. The molecule has 4 nitrogen and oxygen atoms in total. The fourth-order valence-electron chi connectivity index (χ4n) is 1.40. The Morgan fingerprint density at radius 1 is 1.46 bits per heavy atom. The van der Waals surface area contributed by atoms with E-state index in [1.165, 1.54) is 0 Å². The Labute approximate surface area is 76.4 Å². The lowest BCUT2D eigenvalue weighted by atomic mass is 10.1. The van der Waals surface area contributed by atoms with E-state index in [1.54, 1.807) is 4.52 Å². The van der Waals surface area contributed by atoms with E-state index in [0.29, 0.717) is 11.9 Å². The highest BCUT2D eigenvalue weighted by Crippen LogP contribution is 2.18. The van der Waals surface area contributed by atoms with Crippen LogP contribution in [0.5, 0.6) is 0 Å². The molecule has 4 heteroatoms. The molecular weight excluding hydrogens is 164 g/mol. The van der Waals surface area contributed by atoms with Crippen molar-refractivity contribution in [3.8, 4) is 0 Å². The van der Waals surface area contributed by atoms with Crippen molar-refractivity contribution in [3.05, 3.63) is 24.0 Å². The number of hydrogen-bond acceptors (Lipinski definition) is 3. The van der Waals surface area contributed by atoms with E-state index in [-0.39, 0.29) is 0 Å². The van der Waals surface area contributed by atoms with Gasteiger partial charge in [-0.1, -0.05) is 13.8 Å². The second kappa shape index (κ2) is 2.73. The van der Waals surface area contributed by atoms with E-state index in [9.17, 15) is 0 Å². The minimum absolute atomic E-state index is 0.326. The molecule has 0 amide bonds. The summed E-state index contributed by atoms with van der Waals surface area (Å²) in [4.78, 5) is 4.22. The molecule has 2 rings (SSSR count). The summed E-state index contributed by atoms with van der Waals surface area (Å²) in [5.41, 5.74) is 7.61. The summed E-state index contributed by atoms with van der Waals surface area (Å²) in [5, 5.41) is 4.06. The van der Waals surface area contributed by atoms with Crippen LogP contribution in [0.3, 0.4) is 0 Å². The zero-order chi connectivity index (χ0) is 9.42. The van der Waals surface area contributed by atoms with Crippen molar-refractivity contribution in [2.24, 2.45) is 0 Å². The number of nitrogen functional groups attached to an aromatic ring is 1. The molecule has 0 spiro atoms. The maximum atomic E-state index is 5.58. The van der Waals surface area contributed by atoms with E-state index in [0.717, 1.165) is 11.2 Å². The Bertz CT molecular complexity index is 430. The number of aromatic nitrogens is 3. The molecule has 0 saturated heterocycles. The Balaban J connectivity index is 2.77. The van der Waals surface area contributed by atoms with Gasteiger partial charge < -0.3 is 5.73 Å². The predicted octanol–water partition coefficient (Wildman–Crippen LogP) is 1.43. The lowest BCUT2D eigenvalue weighted by Crippen LogP contribution is -2.06. The quantitative estimate of drug-likeness (QED) is 0.715. The minimum atomic E-state index is 0.326. The van der Waals surface area contributed by atoms with E-state index in [1.807, 2.05) is 18.3 Å². The van der Waals surface area contributed by atoms with Crippen molar-refractivity contribution < 1.29 is 0 Å². The van der Waals surface area contributed by atoms with Gasteiger partial charge in [0.2, 0.25) is 5.95 Å². The molecule has 0 radical (unpaired) electrons. The molecular formula is C9H12N4. The van der Waals surface area contributed by atoms with Crippen molar-refractivity contribution in [2.45, 2.75) is 19.8 Å². The van der Waals surface area contributed by atoms with Crippen molar-refractivity contribution in [2.75, 3.05) is 5.73 Å². The van der Waals surface area contributed by atoms with Crippen LogP contribution in [0.25, 0.3) is 5.52 Å². The van der Waals surface area contributed by atoms with Crippen LogP contribution in [0.1, 0.15) is 25.5 Å². The molecule has 0 bridgehead atoms. The zero-order valence-corrected chi connectivity index (χ0v) is 7.73. The average Bonchev–Trinajstić information content (AvgIpc) is 2.49. The number of hydrogen-bond donors (Lipinski definition) is 1. The molecule has 2 N–H and O–H groups in total. The van der Waals surface area contributed by atoms with Crippen molar-refractivity contribution in [1.82, 2.24) is 14.6 Å². The van der Waals surface area contributed by atoms with Crippen LogP contribution in [0.15, 0.2) is 18.3 Å². The van der Waals surface area contributed by atoms with Crippen LogP contribution in [-0.4, -0.2) is 14.6 Å². The van der Waals surface area contributed by atoms with Crippen LogP contribution in [-0.2, 0) is 0 Å². The summed E-state index contributed by atoms with van der Waals surface area (Å²) in [7, 11) is 0. The topological polar surface area (TPSA) is 56.2 Å². The van der Waals surface area contributed by atoms with Gasteiger partial charge in [0.25, 0.3) is 0 Å². The van der Waals surface area contributed by atoms with Crippen LogP contribution >= 0.6 is 0 Å². The van der Waals surface area contributed by atoms with Crippen molar-refractivity contribution >= 4 is 11.5 Å².